The van der Waals surface area contributed by atoms with Gasteiger partial charge in [-0.15, -0.1) is 0 Å². The number of fused-ring (bicyclic) bond motifs is 2. The van der Waals surface area contributed by atoms with Crippen LogP contribution >= 0.6 is 11.6 Å². The number of amides is 2. The lowest BCUT2D eigenvalue weighted by Gasteiger charge is -2.32. The Hall–Kier alpha value is -3.70. The zero-order chi connectivity index (χ0) is 25.1. The molecule has 2 unspecified atom stereocenters. The van der Waals surface area contributed by atoms with E-state index in [1.54, 1.807) is 0 Å². The summed E-state index contributed by atoms with van der Waals surface area (Å²) >= 11 is 5.92. The fourth-order valence-electron chi connectivity index (χ4n) is 4.43. The van der Waals surface area contributed by atoms with E-state index in [0.717, 1.165) is 23.1 Å². The molecule has 1 saturated heterocycles. The van der Waals surface area contributed by atoms with Gasteiger partial charge < -0.3 is 4.90 Å². The molecule has 2 atom stereocenters. The summed E-state index contributed by atoms with van der Waals surface area (Å²) in [5.41, 5.74) is 0.400. The van der Waals surface area contributed by atoms with Gasteiger partial charge >= 0.3 is 0 Å². The highest BCUT2D eigenvalue weighted by atomic mass is 35.5. The van der Waals surface area contributed by atoms with Crippen molar-refractivity contribution in [1.82, 2.24) is 0 Å². The smallest absolute Gasteiger partial charge is 0.271 e. The molecule has 0 N–H and O–H groups in total. The molecule has 8 nitrogen and oxygen atoms in total. The second kappa shape index (κ2) is 8.21. The van der Waals surface area contributed by atoms with Crippen LogP contribution in [-0.2, 0) is 31.8 Å². The lowest BCUT2D eigenvalue weighted by atomic mass is 10.0. The molecule has 1 fully saturated rings. The second-order valence-electron chi connectivity index (χ2n) is 7.94. The van der Waals surface area contributed by atoms with Gasteiger partial charge in [0.1, 0.15) is 17.4 Å². The Kier molecular flexibility index (Phi) is 5.41. The van der Waals surface area contributed by atoms with Gasteiger partial charge in [0.25, 0.3) is 11.6 Å². The number of nitro benzene ring substituents is 1. The van der Waals surface area contributed by atoms with Crippen LogP contribution in [0, 0.1) is 21.7 Å². The van der Waals surface area contributed by atoms with Crippen LogP contribution in [0.2, 0.25) is 5.02 Å². The molecule has 2 heterocycles. The monoisotopic (exact) mass is 517 g/mol. The van der Waals surface area contributed by atoms with Crippen molar-refractivity contribution in [3.05, 3.63) is 98.6 Å². The van der Waals surface area contributed by atoms with E-state index in [0.29, 0.717) is 5.56 Å². The van der Waals surface area contributed by atoms with E-state index >= 15 is 0 Å². The molecule has 12 heteroatoms. The minimum absolute atomic E-state index is 0.00319. The average Bonchev–Trinajstić information content (AvgIpc) is 3.22. The Morgan fingerprint density at radius 1 is 1.06 bits per heavy atom. The predicted octanol–water partition coefficient (Wildman–Crippen LogP) is 4.02. The van der Waals surface area contributed by atoms with Gasteiger partial charge in [0, 0.05) is 23.4 Å². The molecular weight excluding hydrogens is 504 g/mol. The molecule has 5 rings (SSSR count). The van der Waals surface area contributed by atoms with Gasteiger partial charge in [0.2, 0.25) is 10.8 Å². The van der Waals surface area contributed by atoms with Crippen LogP contribution in [0.25, 0.3) is 0 Å². The highest BCUT2D eigenvalue weighted by molar-refractivity contribution is 7.88. The van der Waals surface area contributed by atoms with Crippen molar-refractivity contribution < 1.29 is 27.5 Å². The van der Waals surface area contributed by atoms with E-state index in [4.69, 9.17) is 11.6 Å². The van der Waals surface area contributed by atoms with Gasteiger partial charge in [-0.05, 0) is 42.0 Å². The Bertz CT molecular complexity index is 1450. The van der Waals surface area contributed by atoms with Crippen LogP contribution in [-0.4, -0.2) is 26.7 Å². The van der Waals surface area contributed by atoms with Gasteiger partial charge in [-0.3, -0.25) is 28.8 Å². The van der Waals surface area contributed by atoms with Gasteiger partial charge in [0.15, 0.2) is 0 Å². The molecule has 0 radical (unpaired) electrons. The molecule has 3 aromatic carbocycles. The van der Waals surface area contributed by atoms with E-state index < -0.39 is 49.8 Å². The zero-order valence-corrected chi connectivity index (χ0v) is 19.2. The molecule has 2 amide bonds. The molecule has 1 spiro atoms. The number of halogens is 3. The maximum absolute atomic E-state index is 14.0. The third-order valence-electron chi connectivity index (χ3n) is 5.95. The summed E-state index contributed by atoms with van der Waals surface area (Å²) in [5.74, 6) is -3.23. The molecule has 178 valence electrons. The maximum Gasteiger partial charge on any atom is 0.271 e. The number of carbonyl (C=O) groups is 2. The summed E-state index contributed by atoms with van der Waals surface area (Å²) in [7, 11) is -2.16. The molecule has 0 bridgehead atoms. The van der Waals surface area contributed by atoms with E-state index in [9.17, 15) is 32.7 Å². The number of carbonyl (C=O) groups excluding carboxylic acids is 2. The first-order valence-corrected chi connectivity index (χ1v) is 11.9. The number of hydrogen-bond acceptors (Lipinski definition) is 5. The number of non-ortho nitro benzene ring substituents is 1. The summed E-state index contributed by atoms with van der Waals surface area (Å²) < 4.78 is 40.8. The molecule has 0 saturated carbocycles. The summed E-state index contributed by atoms with van der Waals surface area (Å²) in [6, 6.07) is 12.4. The second-order valence-corrected chi connectivity index (χ2v) is 9.92. The van der Waals surface area contributed by atoms with Gasteiger partial charge in [0.05, 0.1) is 33.0 Å². The number of hydrogen-bond donors (Lipinski definition) is 0. The van der Waals surface area contributed by atoms with Crippen molar-refractivity contribution in [2.45, 2.75) is 11.4 Å². The molecule has 2 aliphatic rings. The molecule has 0 aliphatic carbocycles. The van der Waals surface area contributed by atoms with E-state index in [-0.39, 0.29) is 34.2 Å². The van der Waals surface area contributed by atoms with Crippen LogP contribution in [0.5, 0.6) is 0 Å². The van der Waals surface area contributed by atoms with Gasteiger partial charge in [-0.25, -0.2) is 8.78 Å². The Balaban J connectivity index is 1.74. The number of rotatable bonds is 4. The zero-order valence-electron chi connectivity index (χ0n) is 17.6. The first-order valence-electron chi connectivity index (χ1n) is 10.2. The van der Waals surface area contributed by atoms with Crippen LogP contribution in [0.15, 0.2) is 60.7 Å². The minimum Gasteiger partial charge on any atom is -0.304 e. The maximum atomic E-state index is 14.0. The average molecular weight is 518 g/mol. The van der Waals surface area contributed by atoms with Crippen LogP contribution in [0.3, 0.4) is 0 Å². The Labute approximate surface area is 204 Å². The van der Waals surface area contributed by atoms with Crippen molar-refractivity contribution in [3.63, 3.8) is 0 Å². The van der Waals surface area contributed by atoms with Crippen molar-refractivity contribution in [2.75, 3.05) is 15.6 Å². The topological polar surface area (TPSA) is 101 Å². The van der Waals surface area contributed by atoms with Crippen molar-refractivity contribution in [1.29, 1.82) is 0 Å². The lowest BCUT2D eigenvalue weighted by Crippen LogP contribution is -2.52. The number of nitro groups is 1. The molecular formula is C23H14ClF2N3O5S. The highest BCUT2D eigenvalue weighted by Crippen LogP contribution is 2.52. The Morgan fingerprint density at radius 2 is 1.77 bits per heavy atom. The van der Waals surface area contributed by atoms with Crippen LogP contribution in [0.1, 0.15) is 11.1 Å². The van der Waals surface area contributed by atoms with Crippen molar-refractivity contribution in [2.24, 2.45) is 0 Å². The summed E-state index contributed by atoms with van der Waals surface area (Å²) in [4.78, 5) is 38.0. The minimum atomic E-state index is -2.16. The first-order chi connectivity index (χ1) is 16.6. The predicted molar refractivity (Wildman–Crippen MR) is 124 cm³/mol. The van der Waals surface area contributed by atoms with Crippen LogP contribution < -0.4 is 9.80 Å². The normalized spacial score (nSPS) is 21.2. The van der Waals surface area contributed by atoms with E-state index in [2.05, 4.69) is 0 Å². The first kappa shape index (κ1) is 23.1. The fraction of sp³-hybridized carbons (Fsp3) is 0.130. The van der Waals surface area contributed by atoms with E-state index in [1.165, 1.54) is 47.4 Å². The van der Waals surface area contributed by atoms with Gasteiger partial charge in [-0.1, -0.05) is 23.7 Å². The number of anilines is 2. The third-order valence-corrected chi connectivity index (χ3v) is 7.98. The standard InChI is InChI=1S/C23H14ClF2N3O5S/c24-18-10-15(5-7-19(18)26)28-21(30)12-35(34)23(28)17-9-16(29(32)33)6-8-20(17)27(22(23)31)11-13-1-3-14(25)4-2-13/h1-10H,11-12H2. The molecule has 0 aromatic heterocycles. The SMILES string of the molecule is O=C1CS(=O)C2(C(=O)N(Cc3ccc(F)cc3)c3ccc([N+](=O)[O-])cc32)N1c1ccc(F)c(Cl)c1. The highest BCUT2D eigenvalue weighted by Gasteiger charge is 2.65. The number of benzene rings is 3. The van der Waals surface area contributed by atoms with Crippen molar-refractivity contribution in [3.8, 4) is 0 Å². The summed E-state index contributed by atoms with van der Waals surface area (Å²) in [5, 5.41) is 11.2. The molecule has 3 aromatic rings. The van der Waals surface area contributed by atoms with Crippen molar-refractivity contribution >= 4 is 51.3 Å². The summed E-state index contributed by atoms with van der Waals surface area (Å²) in [6.45, 7) is -0.0743. The fourth-order valence-corrected chi connectivity index (χ4v) is 6.29. The third kappa shape index (κ3) is 3.41. The molecule has 35 heavy (non-hydrogen) atoms. The van der Waals surface area contributed by atoms with Crippen LogP contribution in [0.4, 0.5) is 25.8 Å². The quantitative estimate of drug-likeness (QED) is 0.384. The summed E-state index contributed by atoms with van der Waals surface area (Å²) in [6.07, 6.45) is 0. The molecule has 2 aliphatic heterocycles. The Morgan fingerprint density at radius 3 is 2.43 bits per heavy atom. The number of nitrogens with zero attached hydrogens (tertiary/aromatic N) is 3. The lowest BCUT2D eigenvalue weighted by molar-refractivity contribution is -0.384. The van der Waals surface area contributed by atoms with E-state index in [1.807, 2.05) is 0 Å². The largest absolute Gasteiger partial charge is 0.304 e. The van der Waals surface area contributed by atoms with Gasteiger partial charge in [-0.2, -0.15) is 0 Å².